The molecule has 0 amide bonds. The van der Waals surface area contributed by atoms with Crippen LogP contribution in [0.1, 0.15) is 6.42 Å². The molecule has 1 heterocycles. The lowest BCUT2D eigenvalue weighted by Gasteiger charge is -2.18. The highest BCUT2D eigenvalue weighted by molar-refractivity contribution is 6.01. The molecule has 5 heteroatoms. The van der Waals surface area contributed by atoms with Crippen molar-refractivity contribution in [3.8, 4) is 0 Å². The van der Waals surface area contributed by atoms with Crippen LogP contribution in [0, 0.1) is 11.3 Å². The Bertz CT molecular complexity index is 413. The minimum Gasteiger partial charge on any atom is -0.468 e. The smallest absolute Gasteiger partial charge is 0.334 e. The Labute approximate surface area is 92.3 Å². The van der Waals surface area contributed by atoms with Gasteiger partial charge < -0.3 is 14.2 Å². The van der Waals surface area contributed by atoms with Crippen LogP contribution in [0.25, 0.3) is 0 Å². The molecule has 4 unspecified atom stereocenters. The van der Waals surface area contributed by atoms with E-state index in [2.05, 4.69) is 0 Å². The van der Waals surface area contributed by atoms with E-state index in [-0.39, 0.29) is 24.1 Å². The van der Waals surface area contributed by atoms with Crippen LogP contribution in [0.15, 0.2) is 11.6 Å². The van der Waals surface area contributed by atoms with Crippen molar-refractivity contribution in [2.75, 3.05) is 14.2 Å². The lowest BCUT2D eigenvalue weighted by Crippen LogP contribution is -2.31. The molecule has 1 saturated heterocycles. The van der Waals surface area contributed by atoms with E-state index in [1.807, 2.05) is 0 Å². The van der Waals surface area contributed by atoms with Gasteiger partial charge in [0.15, 0.2) is 0 Å². The zero-order valence-electron chi connectivity index (χ0n) is 9.06. The van der Waals surface area contributed by atoms with Crippen LogP contribution in [-0.4, -0.2) is 38.4 Å². The Morgan fingerprint density at radius 2 is 2.19 bits per heavy atom. The van der Waals surface area contributed by atoms with E-state index in [1.165, 1.54) is 14.2 Å². The number of rotatable bonds is 2. The molecule has 0 N–H and O–H groups in total. The molecule has 3 rings (SSSR count). The van der Waals surface area contributed by atoms with Crippen LogP contribution >= 0.6 is 0 Å². The van der Waals surface area contributed by atoms with E-state index in [0.29, 0.717) is 12.0 Å². The van der Waals surface area contributed by atoms with Gasteiger partial charge in [-0.05, 0) is 12.5 Å². The molecule has 0 bridgehead atoms. The van der Waals surface area contributed by atoms with Gasteiger partial charge in [-0.3, -0.25) is 4.79 Å². The normalized spacial score (nSPS) is 42.4. The van der Waals surface area contributed by atoms with E-state index < -0.39 is 11.4 Å². The lowest BCUT2D eigenvalue weighted by molar-refractivity contribution is -0.149. The first kappa shape index (κ1) is 9.84. The summed E-state index contributed by atoms with van der Waals surface area (Å²) in [6.07, 6.45) is 2.41. The largest absolute Gasteiger partial charge is 0.468 e. The van der Waals surface area contributed by atoms with E-state index >= 15 is 0 Å². The minimum atomic E-state index is -0.792. The molecule has 0 spiro atoms. The molecule has 0 aromatic heterocycles. The Balaban J connectivity index is 2.00. The standard InChI is InChI=1S/C11H12O5/c1-14-9(12)5-3-7-8(16-7)6-4-11(5,6)10(13)15-2/h3,6-8H,4H2,1-2H3. The molecule has 5 nitrogen and oxygen atoms in total. The lowest BCUT2D eigenvalue weighted by atomic mass is 9.86. The Morgan fingerprint density at radius 3 is 2.81 bits per heavy atom. The molecule has 0 radical (unpaired) electrons. The number of fused-ring (bicyclic) bond motifs is 3. The number of methoxy groups -OCH3 is 2. The van der Waals surface area contributed by atoms with Crippen molar-refractivity contribution in [3.63, 3.8) is 0 Å². The summed E-state index contributed by atoms with van der Waals surface area (Å²) in [6.45, 7) is 0. The SMILES string of the molecule is COC(=O)C1=CC2OC2C2CC12C(=O)OC. The summed E-state index contributed by atoms with van der Waals surface area (Å²) in [4.78, 5) is 23.4. The van der Waals surface area contributed by atoms with Gasteiger partial charge in [0.05, 0.1) is 25.9 Å². The van der Waals surface area contributed by atoms with Gasteiger partial charge in [-0.2, -0.15) is 0 Å². The Kier molecular flexibility index (Phi) is 1.75. The van der Waals surface area contributed by atoms with Gasteiger partial charge in [-0.25, -0.2) is 4.79 Å². The second-order valence-corrected chi connectivity index (χ2v) is 4.41. The van der Waals surface area contributed by atoms with Gasteiger partial charge in [0.25, 0.3) is 0 Å². The van der Waals surface area contributed by atoms with Crippen molar-refractivity contribution in [2.24, 2.45) is 11.3 Å². The fourth-order valence-electron chi connectivity index (χ4n) is 2.79. The Morgan fingerprint density at radius 1 is 1.44 bits per heavy atom. The predicted octanol–water partition coefficient (Wildman–Crippen LogP) is 0.0461. The molecule has 2 fully saturated rings. The average Bonchev–Trinajstić information content (AvgIpc) is 3.14. The van der Waals surface area contributed by atoms with E-state index in [9.17, 15) is 9.59 Å². The number of esters is 2. The molecular weight excluding hydrogens is 212 g/mol. The van der Waals surface area contributed by atoms with Crippen LogP contribution in [0.5, 0.6) is 0 Å². The summed E-state index contributed by atoms with van der Waals surface area (Å²) in [5, 5.41) is 0. The van der Waals surface area contributed by atoms with E-state index in [1.54, 1.807) is 6.08 Å². The monoisotopic (exact) mass is 224 g/mol. The summed E-state index contributed by atoms with van der Waals surface area (Å²) in [7, 11) is 2.65. The number of hydrogen-bond donors (Lipinski definition) is 0. The van der Waals surface area contributed by atoms with Crippen molar-refractivity contribution in [1.82, 2.24) is 0 Å². The predicted molar refractivity (Wildman–Crippen MR) is 51.3 cm³/mol. The molecule has 0 aromatic carbocycles. The summed E-state index contributed by atoms with van der Waals surface area (Å²) in [5.41, 5.74) is -0.384. The Hall–Kier alpha value is -1.36. The second-order valence-electron chi connectivity index (χ2n) is 4.41. The molecule has 0 aromatic rings. The van der Waals surface area contributed by atoms with Gasteiger partial charge in [0, 0.05) is 5.92 Å². The molecule has 2 aliphatic carbocycles. The van der Waals surface area contributed by atoms with Crippen molar-refractivity contribution < 1.29 is 23.8 Å². The van der Waals surface area contributed by atoms with Crippen molar-refractivity contribution in [3.05, 3.63) is 11.6 Å². The maximum Gasteiger partial charge on any atom is 0.334 e. The van der Waals surface area contributed by atoms with Gasteiger partial charge in [-0.1, -0.05) is 0 Å². The van der Waals surface area contributed by atoms with E-state index in [4.69, 9.17) is 14.2 Å². The third kappa shape index (κ3) is 0.988. The van der Waals surface area contributed by atoms with Crippen molar-refractivity contribution in [1.29, 1.82) is 0 Å². The van der Waals surface area contributed by atoms with Crippen LogP contribution in [0.3, 0.4) is 0 Å². The van der Waals surface area contributed by atoms with Crippen LogP contribution < -0.4 is 0 Å². The summed E-state index contributed by atoms with van der Waals surface area (Å²) < 4.78 is 14.9. The first-order valence-electron chi connectivity index (χ1n) is 5.19. The number of epoxide rings is 1. The molecule has 1 aliphatic heterocycles. The summed E-state index contributed by atoms with van der Waals surface area (Å²) in [6, 6.07) is 0. The average molecular weight is 224 g/mol. The van der Waals surface area contributed by atoms with E-state index in [0.717, 1.165) is 0 Å². The van der Waals surface area contributed by atoms with Crippen molar-refractivity contribution in [2.45, 2.75) is 18.6 Å². The quantitative estimate of drug-likeness (QED) is 0.489. The topological polar surface area (TPSA) is 65.1 Å². The van der Waals surface area contributed by atoms with Gasteiger partial charge >= 0.3 is 11.9 Å². The zero-order valence-corrected chi connectivity index (χ0v) is 9.06. The number of carbonyl (C=O) groups is 2. The minimum absolute atomic E-state index is 0.0145. The fraction of sp³-hybridized carbons (Fsp3) is 0.636. The number of carbonyl (C=O) groups excluding carboxylic acids is 2. The maximum atomic E-state index is 11.8. The van der Waals surface area contributed by atoms with Crippen LogP contribution in [0.2, 0.25) is 0 Å². The maximum absolute atomic E-state index is 11.8. The third-order valence-corrected chi connectivity index (χ3v) is 3.74. The van der Waals surface area contributed by atoms with Gasteiger partial charge in [0.1, 0.15) is 11.5 Å². The molecule has 3 aliphatic rings. The van der Waals surface area contributed by atoms with Crippen LogP contribution in [0.4, 0.5) is 0 Å². The summed E-state index contributed by atoms with van der Waals surface area (Å²) in [5.74, 6) is -0.728. The fourth-order valence-corrected chi connectivity index (χ4v) is 2.79. The van der Waals surface area contributed by atoms with Crippen LogP contribution in [-0.2, 0) is 23.8 Å². The molecule has 1 saturated carbocycles. The third-order valence-electron chi connectivity index (χ3n) is 3.74. The first-order valence-corrected chi connectivity index (χ1v) is 5.19. The molecular formula is C11H12O5. The van der Waals surface area contributed by atoms with Gasteiger partial charge in [0.2, 0.25) is 0 Å². The second kappa shape index (κ2) is 2.85. The highest BCUT2D eigenvalue weighted by Crippen LogP contribution is 2.67. The number of hydrogen-bond acceptors (Lipinski definition) is 5. The summed E-state index contributed by atoms with van der Waals surface area (Å²) >= 11 is 0. The molecule has 16 heavy (non-hydrogen) atoms. The highest BCUT2D eigenvalue weighted by Gasteiger charge is 2.75. The van der Waals surface area contributed by atoms with Crippen molar-refractivity contribution >= 4 is 11.9 Å². The number of ether oxygens (including phenoxy) is 3. The molecule has 4 atom stereocenters. The molecule has 86 valence electrons. The van der Waals surface area contributed by atoms with Gasteiger partial charge in [-0.15, -0.1) is 0 Å². The highest BCUT2D eigenvalue weighted by atomic mass is 16.6. The first-order chi connectivity index (χ1) is 7.65. The zero-order chi connectivity index (χ0) is 11.5.